The lowest BCUT2D eigenvalue weighted by Crippen LogP contribution is -2.29. The van der Waals surface area contributed by atoms with Crippen LogP contribution < -0.4 is 0 Å². The van der Waals surface area contributed by atoms with Crippen LogP contribution in [0.4, 0.5) is 0 Å². The maximum absolute atomic E-state index is 11.4. The van der Waals surface area contributed by atoms with E-state index in [4.69, 9.17) is 5.26 Å². The van der Waals surface area contributed by atoms with E-state index in [0.717, 1.165) is 22.5 Å². The Balaban J connectivity index is 3.07. The summed E-state index contributed by atoms with van der Waals surface area (Å²) in [6.45, 7) is 2.04. The van der Waals surface area contributed by atoms with Gasteiger partial charge >= 0.3 is 0 Å². The number of sulfonamides is 1. The van der Waals surface area contributed by atoms with Gasteiger partial charge in [0.15, 0.2) is 0 Å². The van der Waals surface area contributed by atoms with Crippen LogP contribution in [0.15, 0.2) is 24.3 Å². The van der Waals surface area contributed by atoms with Crippen molar-refractivity contribution in [1.29, 1.82) is 5.26 Å². The summed E-state index contributed by atoms with van der Waals surface area (Å²) in [6.07, 6.45) is 2.01. The largest absolute Gasteiger partial charge is 0.212 e. The second kappa shape index (κ2) is 5.30. The highest BCUT2D eigenvalue weighted by Gasteiger charge is 2.23. The molecule has 0 aliphatic carbocycles. The quantitative estimate of drug-likeness (QED) is 0.819. The Labute approximate surface area is 103 Å². The first-order valence-electron chi connectivity index (χ1n) is 5.31. The molecule has 1 aromatic rings. The molecule has 0 fully saturated rings. The molecule has 0 saturated carbocycles. The summed E-state index contributed by atoms with van der Waals surface area (Å²) >= 11 is 0. The minimum atomic E-state index is -3.37. The number of nitriles is 1. The molecule has 0 saturated heterocycles. The Bertz CT molecular complexity index is 514. The van der Waals surface area contributed by atoms with Crippen LogP contribution in [-0.2, 0) is 16.4 Å². The fourth-order valence-corrected chi connectivity index (χ4v) is 2.04. The molecule has 1 atom stereocenters. The number of rotatable bonds is 4. The predicted molar refractivity (Wildman–Crippen MR) is 66.8 cm³/mol. The molecule has 0 aliphatic heterocycles. The average molecular weight is 252 g/mol. The maximum Gasteiger partial charge on any atom is 0.212 e. The van der Waals surface area contributed by atoms with E-state index in [1.54, 1.807) is 12.1 Å². The Morgan fingerprint density at radius 1 is 1.35 bits per heavy atom. The van der Waals surface area contributed by atoms with E-state index in [0.29, 0.717) is 5.56 Å². The molecule has 0 aromatic heterocycles. The highest BCUT2D eigenvalue weighted by Crippen LogP contribution is 2.21. The van der Waals surface area contributed by atoms with Gasteiger partial charge < -0.3 is 0 Å². The average Bonchev–Trinajstić information content (AvgIpc) is 2.29. The molecule has 0 aliphatic rings. The van der Waals surface area contributed by atoms with Gasteiger partial charge in [-0.25, -0.2) is 8.42 Å². The first kappa shape index (κ1) is 13.7. The zero-order chi connectivity index (χ0) is 13.1. The van der Waals surface area contributed by atoms with Gasteiger partial charge in [-0.15, -0.1) is 0 Å². The number of benzene rings is 1. The summed E-state index contributed by atoms with van der Waals surface area (Å²) in [5.41, 5.74) is 1.85. The van der Waals surface area contributed by atoms with E-state index < -0.39 is 16.1 Å². The standard InChI is InChI=1S/C12H16N2O2S/c1-4-10-5-7-11(8-6-10)12(9-13)14(2)17(3,15)16/h5-8,12H,4H2,1-3H3. The molecular formula is C12H16N2O2S. The van der Waals surface area contributed by atoms with Gasteiger partial charge in [0.2, 0.25) is 10.0 Å². The Morgan fingerprint density at radius 3 is 2.24 bits per heavy atom. The Hall–Kier alpha value is -1.38. The van der Waals surface area contributed by atoms with Gasteiger partial charge in [-0.1, -0.05) is 31.2 Å². The summed E-state index contributed by atoms with van der Waals surface area (Å²) in [5, 5.41) is 9.08. The molecule has 92 valence electrons. The van der Waals surface area contributed by atoms with E-state index in [-0.39, 0.29) is 0 Å². The highest BCUT2D eigenvalue weighted by molar-refractivity contribution is 7.88. The summed E-state index contributed by atoms with van der Waals surface area (Å²) in [7, 11) is -1.95. The molecule has 0 bridgehead atoms. The molecule has 0 amide bonds. The third-order valence-electron chi connectivity index (χ3n) is 2.71. The minimum absolute atomic E-state index is 0.692. The Kier molecular flexibility index (Phi) is 4.27. The van der Waals surface area contributed by atoms with Crippen molar-refractivity contribution in [2.45, 2.75) is 19.4 Å². The van der Waals surface area contributed by atoms with Crippen molar-refractivity contribution < 1.29 is 8.42 Å². The van der Waals surface area contributed by atoms with E-state index in [1.165, 1.54) is 7.05 Å². The highest BCUT2D eigenvalue weighted by atomic mass is 32.2. The molecule has 17 heavy (non-hydrogen) atoms. The maximum atomic E-state index is 11.4. The van der Waals surface area contributed by atoms with Crippen molar-refractivity contribution in [2.75, 3.05) is 13.3 Å². The summed E-state index contributed by atoms with van der Waals surface area (Å²) < 4.78 is 23.9. The SMILES string of the molecule is CCc1ccc(C(C#N)N(C)S(C)(=O)=O)cc1. The van der Waals surface area contributed by atoms with Crippen LogP contribution in [0.2, 0.25) is 0 Å². The first-order valence-corrected chi connectivity index (χ1v) is 7.16. The topological polar surface area (TPSA) is 61.2 Å². The van der Waals surface area contributed by atoms with Gasteiger partial charge in [-0.2, -0.15) is 9.57 Å². The van der Waals surface area contributed by atoms with Crippen LogP contribution in [0.3, 0.4) is 0 Å². The van der Waals surface area contributed by atoms with Crippen LogP contribution >= 0.6 is 0 Å². The molecule has 0 N–H and O–H groups in total. The summed E-state index contributed by atoms with van der Waals surface area (Å²) in [5.74, 6) is 0. The van der Waals surface area contributed by atoms with Crippen LogP contribution in [-0.4, -0.2) is 26.0 Å². The van der Waals surface area contributed by atoms with Crippen molar-refractivity contribution in [3.63, 3.8) is 0 Å². The van der Waals surface area contributed by atoms with Crippen LogP contribution in [0.1, 0.15) is 24.1 Å². The van der Waals surface area contributed by atoms with Crippen molar-refractivity contribution in [3.05, 3.63) is 35.4 Å². The predicted octanol–water partition coefficient (Wildman–Crippen LogP) is 1.71. The van der Waals surface area contributed by atoms with Gasteiger partial charge in [0.25, 0.3) is 0 Å². The number of hydrogen-bond acceptors (Lipinski definition) is 3. The van der Waals surface area contributed by atoms with Crippen molar-refractivity contribution >= 4 is 10.0 Å². The lowest BCUT2D eigenvalue weighted by atomic mass is 10.1. The second-order valence-corrected chi connectivity index (χ2v) is 5.95. The van der Waals surface area contributed by atoms with Crippen LogP contribution in [0.25, 0.3) is 0 Å². The van der Waals surface area contributed by atoms with Gasteiger partial charge in [-0.05, 0) is 17.5 Å². The molecule has 4 nitrogen and oxygen atoms in total. The summed E-state index contributed by atoms with van der Waals surface area (Å²) in [6, 6.07) is 8.67. The zero-order valence-corrected chi connectivity index (χ0v) is 11.0. The van der Waals surface area contributed by atoms with E-state index in [9.17, 15) is 8.42 Å². The van der Waals surface area contributed by atoms with E-state index in [1.807, 2.05) is 25.1 Å². The van der Waals surface area contributed by atoms with Crippen LogP contribution in [0, 0.1) is 11.3 Å². The lowest BCUT2D eigenvalue weighted by Gasteiger charge is -2.20. The minimum Gasteiger partial charge on any atom is -0.212 e. The zero-order valence-electron chi connectivity index (χ0n) is 10.2. The van der Waals surface area contributed by atoms with Crippen molar-refractivity contribution in [3.8, 4) is 6.07 Å². The van der Waals surface area contributed by atoms with Gasteiger partial charge in [0, 0.05) is 7.05 Å². The van der Waals surface area contributed by atoms with E-state index >= 15 is 0 Å². The van der Waals surface area contributed by atoms with Crippen molar-refractivity contribution in [2.24, 2.45) is 0 Å². The van der Waals surface area contributed by atoms with Gasteiger partial charge in [0.1, 0.15) is 6.04 Å². The Morgan fingerprint density at radius 2 is 1.88 bits per heavy atom. The fraction of sp³-hybridized carbons (Fsp3) is 0.417. The number of nitrogens with zero attached hydrogens (tertiary/aromatic N) is 2. The third kappa shape index (κ3) is 3.29. The van der Waals surface area contributed by atoms with E-state index in [2.05, 4.69) is 0 Å². The third-order valence-corrected chi connectivity index (χ3v) is 3.97. The normalized spacial score (nSPS) is 13.4. The molecular weight excluding hydrogens is 236 g/mol. The van der Waals surface area contributed by atoms with Crippen molar-refractivity contribution in [1.82, 2.24) is 4.31 Å². The molecule has 1 rings (SSSR count). The van der Waals surface area contributed by atoms with Crippen LogP contribution in [0.5, 0.6) is 0 Å². The first-order chi connectivity index (χ1) is 7.90. The molecule has 0 radical (unpaired) electrons. The fourth-order valence-electron chi connectivity index (χ4n) is 1.49. The monoisotopic (exact) mass is 252 g/mol. The second-order valence-electron chi connectivity index (χ2n) is 3.91. The number of hydrogen-bond donors (Lipinski definition) is 0. The molecule has 1 unspecified atom stereocenters. The molecule has 1 aromatic carbocycles. The molecule has 0 heterocycles. The molecule has 0 spiro atoms. The number of aryl methyl sites for hydroxylation is 1. The van der Waals surface area contributed by atoms with Gasteiger partial charge in [-0.3, -0.25) is 0 Å². The summed E-state index contributed by atoms with van der Waals surface area (Å²) in [4.78, 5) is 0. The van der Waals surface area contributed by atoms with Gasteiger partial charge in [0.05, 0.1) is 12.3 Å². The lowest BCUT2D eigenvalue weighted by molar-refractivity contribution is 0.437. The smallest absolute Gasteiger partial charge is 0.212 e. The molecule has 5 heteroatoms.